The molecule has 122 valence electrons. The number of hydrogen-bond acceptors (Lipinski definition) is 4. The monoisotopic (exact) mass is 335 g/mol. The molecule has 1 aromatic heterocycles. The molecule has 0 unspecified atom stereocenters. The lowest BCUT2D eigenvalue weighted by atomic mass is 10.2. The van der Waals surface area contributed by atoms with E-state index in [2.05, 4.69) is 10.4 Å². The molecule has 0 radical (unpaired) electrons. The van der Waals surface area contributed by atoms with E-state index >= 15 is 0 Å². The Morgan fingerprint density at radius 2 is 2.04 bits per heavy atom. The highest BCUT2D eigenvalue weighted by Crippen LogP contribution is 2.12. The van der Waals surface area contributed by atoms with E-state index in [1.807, 2.05) is 12.1 Å². The van der Waals surface area contributed by atoms with Crippen LogP contribution in [0.3, 0.4) is 0 Å². The molecule has 0 aliphatic rings. The highest BCUT2D eigenvalue weighted by atomic mass is 35.5. The van der Waals surface area contributed by atoms with Gasteiger partial charge in [0.15, 0.2) is 0 Å². The zero-order valence-corrected chi connectivity index (χ0v) is 13.5. The van der Waals surface area contributed by atoms with Crippen molar-refractivity contribution < 1.29 is 9.59 Å². The molecule has 0 fully saturated rings. The number of anilines is 1. The molecule has 0 aliphatic heterocycles. The number of carbonyl (C=O) groups excluding carboxylic acids is 2. The average Bonchev–Trinajstić information content (AvgIpc) is 2.96. The van der Waals surface area contributed by atoms with Gasteiger partial charge in [0, 0.05) is 31.4 Å². The smallest absolute Gasteiger partial charge is 0.313 e. The first-order chi connectivity index (χ1) is 11.0. The van der Waals surface area contributed by atoms with Crippen LogP contribution < -0.4 is 11.1 Å². The maximum Gasteiger partial charge on any atom is 0.313 e. The van der Waals surface area contributed by atoms with Crippen LogP contribution in [0.1, 0.15) is 5.56 Å². The molecular formula is C15H18ClN5O2. The Balaban J connectivity index is 1.95. The number of amides is 2. The van der Waals surface area contributed by atoms with Gasteiger partial charge in [-0.25, -0.2) is 0 Å². The summed E-state index contributed by atoms with van der Waals surface area (Å²) >= 11 is 5.84. The number of nitrogens with one attached hydrogen (secondary N) is 1. The van der Waals surface area contributed by atoms with Crippen LogP contribution in [0.2, 0.25) is 5.02 Å². The number of aromatic nitrogens is 2. The number of nitrogens with zero attached hydrogens (tertiary/aromatic N) is 3. The SMILES string of the molecule is CN(CCN)C(=O)C(=O)Nc1cnn(Cc2ccc(Cl)cc2)c1. The number of benzene rings is 1. The fourth-order valence-electron chi connectivity index (χ4n) is 1.94. The fourth-order valence-corrected chi connectivity index (χ4v) is 2.07. The van der Waals surface area contributed by atoms with Gasteiger partial charge in [0.2, 0.25) is 0 Å². The summed E-state index contributed by atoms with van der Waals surface area (Å²) in [5.41, 5.74) is 6.84. The van der Waals surface area contributed by atoms with Gasteiger partial charge in [-0.15, -0.1) is 0 Å². The standard InChI is InChI=1S/C15H18ClN5O2/c1-20(7-6-17)15(23)14(22)19-13-8-18-21(10-13)9-11-2-4-12(16)5-3-11/h2-5,8,10H,6-7,9,17H2,1H3,(H,19,22). The molecule has 1 heterocycles. The van der Waals surface area contributed by atoms with Gasteiger partial charge >= 0.3 is 11.8 Å². The van der Waals surface area contributed by atoms with Gasteiger partial charge in [0.25, 0.3) is 0 Å². The van der Waals surface area contributed by atoms with Gasteiger partial charge < -0.3 is 16.0 Å². The molecule has 7 nitrogen and oxygen atoms in total. The molecular weight excluding hydrogens is 318 g/mol. The Hall–Kier alpha value is -2.38. The molecule has 0 atom stereocenters. The van der Waals surface area contributed by atoms with Crippen molar-refractivity contribution in [2.24, 2.45) is 5.73 Å². The third-order valence-corrected chi connectivity index (χ3v) is 3.41. The summed E-state index contributed by atoms with van der Waals surface area (Å²) in [5.74, 6) is -1.35. The van der Waals surface area contributed by atoms with Crippen LogP contribution in [0.5, 0.6) is 0 Å². The molecule has 23 heavy (non-hydrogen) atoms. The third kappa shape index (κ3) is 4.80. The van der Waals surface area contributed by atoms with Gasteiger partial charge in [-0.2, -0.15) is 5.10 Å². The van der Waals surface area contributed by atoms with Crippen LogP contribution in [0.25, 0.3) is 0 Å². The fraction of sp³-hybridized carbons (Fsp3) is 0.267. The van der Waals surface area contributed by atoms with E-state index in [1.54, 1.807) is 23.0 Å². The van der Waals surface area contributed by atoms with Crippen LogP contribution >= 0.6 is 11.6 Å². The van der Waals surface area contributed by atoms with E-state index < -0.39 is 11.8 Å². The van der Waals surface area contributed by atoms with Crippen LogP contribution in [-0.2, 0) is 16.1 Å². The molecule has 2 rings (SSSR count). The van der Waals surface area contributed by atoms with Crippen molar-refractivity contribution >= 4 is 29.1 Å². The second kappa shape index (κ2) is 7.75. The van der Waals surface area contributed by atoms with Crippen molar-refractivity contribution in [3.8, 4) is 0 Å². The highest BCUT2D eigenvalue weighted by Gasteiger charge is 2.18. The number of hydrogen-bond donors (Lipinski definition) is 2. The minimum Gasteiger partial charge on any atom is -0.336 e. The number of likely N-dealkylation sites (N-methyl/N-ethyl adjacent to an activating group) is 1. The Labute approximate surface area is 139 Å². The maximum absolute atomic E-state index is 11.8. The molecule has 0 saturated carbocycles. The summed E-state index contributed by atoms with van der Waals surface area (Å²) in [5, 5.41) is 7.34. The van der Waals surface area contributed by atoms with Crippen molar-refractivity contribution in [1.82, 2.24) is 14.7 Å². The van der Waals surface area contributed by atoms with Gasteiger partial charge in [0.05, 0.1) is 18.4 Å². The van der Waals surface area contributed by atoms with E-state index in [-0.39, 0.29) is 0 Å². The first kappa shape index (κ1) is 17.0. The van der Waals surface area contributed by atoms with Crippen molar-refractivity contribution in [2.75, 3.05) is 25.5 Å². The summed E-state index contributed by atoms with van der Waals surface area (Å²) in [6.45, 7) is 1.16. The summed E-state index contributed by atoms with van der Waals surface area (Å²) in [6.07, 6.45) is 3.15. The molecule has 8 heteroatoms. The highest BCUT2D eigenvalue weighted by molar-refractivity contribution is 6.39. The van der Waals surface area contributed by atoms with Crippen LogP contribution in [0.4, 0.5) is 5.69 Å². The van der Waals surface area contributed by atoms with Crippen molar-refractivity contribution in [3.05, 3.63) is 47.2 Å². The summed E-state index contributed by atoms with van der Waals surface area (Å²) in [6, 6.07) is 7.39. The molecule has 0 bridgehead atoms. The van der Waals surface area contributed by atoms with Gasteiger partial charge in [-0.1, -0.05) is 23.7 Å². The predicted molar refractivity (Wildman–Crippen MR) is 88.1 cm³/mol. The quantitative estimate of drug-likeness (QED) is 0.795. The summed E-state index contributed by atoms with van der Waals surface area (Å²) < 4.78 is 1.66. The Morgan fingerprint density at radius 1 is 1.35 bits per heavy atom. The van der Waals surface area contributed by atoms with Crippen LogP contribution in [-0.4, -0.2) is 46.6 Å². The summed E-state index contributed by atoms with van der Waals surface area (Å²) in [4.78, 5) is 24.9. The lowest BCUT2D eigenvalue weighted by molar-refractivity contribution is -0.142. The first-order valence-corrected chi connectivity index (χ1v) is 7.41. The Bertz CT molecular complexity index is 683. The minimum atomic E-state index is -0.716. The number of halogens is 1. The molecule has 1 aromatic carbocycles. The van der Waals surface area contributed by atoms with E-state index in [0.29, 0.717) is 30.3 Å². The van der Waals surface area contributed by atoms with E-state index in [0.717, 1.165) is 5.56 Å². The Kier molecular flexibility index (Phi) is 5.72. The zero-order chi connectivity index (χ0) is 16.8. The van der Waals surface area contributed by atoms with Crippen LogP contribution in [0.15, 0.2) is 36.7 Å². The zero-order valence-electron chi connectivity index (χ0n) is 12.7. The number of nitrogens with two attached hydrogens (primary N) is 1. The largest absolute Gasteiger partial charge is 0.336 e. The molecule has 0 spiro atoms. The third-order valence-electron chi connectivity index (χ3n) is 3.15. The predicted octanol–water partition coefficient (Wildman–Crippen LogP) is 0.940. The first-order valence-electron chi connectivity index (χ1n) is 7.03. The van der Waals surface area contributed by atoms with E-state index in [9.17, 15) is 9.59 Å². The van der Waals surface area contributed by atoms with Gasteiger partial charge in [-0.05, 0) is 17.7 Å². The number of rotatable bonds is 5. The van der Waals surface area contributed by atoms with E-state index in [4.69, 9.17) is 17.3 Å². The molecule has 2 aromatic rings. The van der Waals surface area contributed by atoms with Crippen LogP contribution in [0, 0.1) is 0 Å². The molecule has 0 aliphatic carbocycles. The molecule has 3 N–H and O–H groups in total. The van der Waals surface area contributed by atoms with Gasteiger partial charge in [0.1, 0.15) is 0 Å². The Morgan fingerprint density at radius 3 is 2.70 bits per heavy atom. The van der Waals surface area contributed by atoms with Crippen molar-refractivity contribution in [3.63, 3.8) is 0 Å². The topological polar surface area (TPSA) is 93.2 Å². The number of carbonyl (C=O) groups is 2. The maximum atomic E-state index is 11.8. The molecule has 0 saturated heterocycles. The van der Waals surface area contributed by atoms with E-state index in [1.165, 1.54) is 18.1 Å². The second-order valence-electron chi connectivity index (χ2n) is 5.02. The molecule has 2 amide bonds. The summed E-state index contributed by atoms with van der Waals surface area (Å²) in [7, 11) is 1.53. The lowest BCUT2D eigenvalue weighted by Crippen LogP contribution is -2.39. The lowest BCUT2D eigenvalue weighted by Gasteiger charge is -2.14. The van der Waals surface area contributed by atoms with Gasteiger partial charge in [-0.3, -0.25) is 14.3 Å². The average molecular weight is 336 g/mol. The second-order valence-corrected chi connectivity index (χ2v) is 5.46. The normalized spacial score (nSPS) is 10.4. The van der Waals surface area contributed by atoms with Crippen molar-refractivity contribution in [1.29, 1.82) is 0 Å². The minimum absolute atomic E-state index is 0.300. The van der Waals surface area contributed by atoms with Crippen molar-refractivity contribution in [2.45, 2.75) is 6.54 Å².